The first kappa shape index (κ1) is 20.7. The lowest BCUT2D eigenvalue weighted by molar-refractivity contribution is -0.141. The minimum Gasteiger partial charge on any atom is -0.497 e. The maximum atomic E-state index is 13.1. The van der Waals surface area contributed by atoms with Gasteiger partial charge in [-0.25, -0.2) is 4.98 Å². The topological polar surface area (TPSA) is 95.5 Å². The van der Waals surface area contributed by atoms with E-state index in [9.17, 15) is 14.7 Å². The number of aromatic amines is 1. The molecule has 1 saturated heterocycles. The molecule has 162 valence electrons. The predicted molar refractivity (Wildman–Crippen MR) is 113 cm³/mol. The van der Waals surface area contributed by atoms with Crippen molar-refractivity contribution in [2.45, 2.75) is 51.4 Å². The van der Waals surface area contributed by atoms with Crippen LogP contribution in [-0.4, -0.2) is 52.1 Å². The van der Waals surface area contributed by atoms with Crippen LogP contribution in [0.1, 0.15) is 50.8 Å². The Morgan fingerprint density at radius 2 is 2.00 bits per heavy atom. The van der Waals surface area contributed by atoms with Crippen LogP contribution in [0, 0.1) is 17.8 Å². The number of aromatic nitrogens is 2. The molecule has 1 aliphatic carbocycles. The molecule has 1 amide bonds. The zero-order chi connectivity index (χ0) is 21.1. The molecule has 0 bridgehead atoms. The van der Waals surface area contributed by atoms with E-state index in [1.54, 1.807) is 7.11 Å². The van der Waals surface area contributed by atoms with Crippen LogP contribution in [0.25, 0.3) is 11.0 Å². The Hall–Kier alpha value is -2.57. The number of fused-ring (bicyclic) bond motifs is 1. The van der Waals surface area contributed by atoms with Gasteiger partial charge < -0.3 is 19.7 Å². The van der Waals surface area contributed by atoms with Gasteiger partial charge in [-0.1, -0.05) is 19.3 Å². The number of H-pyrrole nitrogens is 1. The summed E-state index contributed by atoms with van der Waals surface area (Å²) in [4.78, 5) is 34.5. The summed E-state index contributed by atoms with van der Waals surface area (Å²) in [5.74, 6) is 1.39. The largest absolute Gasteiger partial charge is 0.497 e. The van der Waals surface area contributed by atoms with Crippen molar-refractivity contribution in [2.75, 3.05) is 20.2 Å². The fourth-order valence-corrected chi connectivity index (χ4v) is 5.13. The number of piperidine rings is 1. The number of hydrogen-bond donors (Lipinski definition) is 2. The molecule has 2 atom stereocenters. The molecule has 7 nitrogen and oxygen atoms in total. The lowest BCUT2D eigenvalue weighted by Gasteiger charge is -2.40. The van der Waals surface area contributed by atoms with Crippen LogP contribution in [0.4, 0.5) is 0 Å². The highest BCUT2D eigenvalue weighted by Crippen LogP contribution is 2.33. The molecule has 2 N–H and O–H groups in total. The first-order valence-electron chi connectivity index (χ1n) is 11.1. The Balaban J connectivity index is 1.50. The standard InChI is InChI=1S/C23H31N3O4/c1-30-18-7-8-19-20(13-18)25-21(24-19)11-17-14-26(10-9-16(17)12-22(27)28)23(29)15-5-3-2-4-6-15/h7-8,13,15-17H,2-6,9-12,14H2,1H3,(H,24,25)(H,27,28). The van der Waals surface area contributed by atoms with Gasteiger partial charge in [-0.2, -0.15) is 0 Å². The molecule has 2 heterocycles. The van der Waals surface area contributed by atoms with Crippen LogP contribution in [0.5, 0.6) is 5.75 Å². The molecule has 2 fully saturated rings. The van der Waals surface area contributed by atoms with Gasteiger partial charge in [-0.05, 0) is 43.2 Å². The average Bonchev–Trinajstić information content (AvgIpc) is 3.16. The van der Waals surface area contributed by atoms with Crippen LogP contribution in [-0.2, 0) is 16.0 Å². The van der Waals surface area contributed by atoms with Crippen molar-refractivity contribution in [1.29, 1.82) is 0 Å². The van der Waals surface area contributed by atoms with Crippen molar-refractivity contribution < 1.29 is 19.4 Å². The lowest BCUT2D eigenvalue weighted by atomic mass is 9.80. The van der Waals surface area contributed by atoms with Crippen molar-refractivity contribution >= 4 is 22.9 Å². The predicted octanol–water partition coefficient (Wildman–Crippen LogP) is 3.63. The quantitative estimate of drug-likeness (QED) is 0.754. The van der Waals surface area contributed by atoms with Gasteiger partial charge in [0.05, 0.1) is 18.1 Å². The van der Waals surface area contributed by atoms with Crippen LogP contribution in [0.2, 0.25) is 0 Å². The number of ether oxygens (including phenoxy) is 1. The average molecular weight is 414 g/mol. The maximum absolute atomic E-state index is 13.1. The number of nitrogens with one attached hydrogen (secondary N) is 1. The van der Waals surface area contributed by atoms with Gasteiger partial charge in [-0.15, -0.1) is 0 Å². The molecule has 2 aromatic rings. The molecule has 0 spiro atoms. The highest BCUT2D eigenvalue weighted by atomic mass is 16.5. The number of aliphatic carboxylic acids is 1. The summed E-state index contributed by atoms with van der Waals surface area (Å²) in [7, 11) is 1.63. The molecule has 7 heteroatoms. The molecule has 1 saturated carbocycles. The van der Waals surface area contributed by atoms with Crippen molar-refractivity contribution in [3.63, 3.8) is 0 Å². The number of methoxy groups -OCH3 is 1. The van der Waals surface area contributed by atoms with Gasteiger partial charge in [-0.3, -0.25) is 9.59 Å². The number of imidazole rings is 1. The molecular weight excluding hydrogens is 382 g/mol. The zero-order valence-electron chi connectivity index (χ0n) is 17.6. The second-order valence-electron chi connectivity index (χ2n) is 8.80. The normalized spacial score (nSPS) is 22.9. The van der Waals surface area contributed by atoms with Gasteiger partial charge in [0.25, 0.3) is 0 Å². The third-order valence-electron chi connectivity index (χ3n) is 6.79. The minimum atomic E-state index is -0.772. The number of carbonyl (C=O) groups is 2. The molecule has 2 unspecified atom stereocenters. The molecule has 2 aliphatic rings. The minimum absolute atomic E-state index is 0.0562. The Morgan fingerprint density at radius 3 is 2.73 bits per heavy atom. The third-order valence-corrected chi connectivity index (χ3v) is 6.79. The van der Waals surface area contributed by atoms with Crippen LogP contribution < -0.4 is 4.74 Å². The fraction of sp³-hybridized carbons (Fsp3) is 0.609. The van der Waals surface area contributed by atoms with E-state index in [2.05, 4.69) is 4.98 Å². The Morgan fingerprint density at radius 1 is 1.20 bits per heavy atom. The van der Waals surface area contributed by atoms with Gasteiger partial charge in [0, 0.05) is 37.9 Å². The number of likely N-dealkylation sites (tertiary alicyclic amines) is 1. The number of nitrogens with zero attached hydrogens (tertiary/aromatic N) is 2. The fourth-order valence-electron chi connectivity index (χ4n) is 5.13. The van der Waals surface area contributed by atoms with Gasteiger partial charge >= 0.3 is 5.97 Å². The molecule has 30 heavy (non-hydrogen) atoms. The second-order valence-corrected chi connectivity index (χ2v) is 8.80. The van der Waals surface area contributed by atoms with E-state index in [-0.39, 0.29) is 30.1 Å². The van der Waals surface area contributed by atoms with E-state index < -0.39 is 5.97 Å². The first-order chi connectivity index (χ1) is 14.5. The number of carboxylic acids is 1. The van der Waals surface area contributed by atoms with Gasteiger partial charge in [0.2, 0.25) is 5.91 Å². The Labute approximate surface area is 176 Å². The van der Waals surface area contributed by atoms with Crippen molar-refractivity contribution in [2.24, 2.45) is 17.8 Å². The SMILES string of the molecule is COc1ccc2nc(CC3CN(C(=O)C4CCCCC4)CCC3CC(=O)O)[nH]c2c1. The Kier molecular flexibility index (Phi) is 6.25. The van der Waals surface area contributed by atoms with E-state index in [1.165, 1.54) is 6.42 Å². The molecule has 1 aliphatic heterocycles. The highest BCUT2D eigenvalue weighted by Gasteiger charge is 2.35. The number of carbonyl (C=O) groups excluding carboxylic acids is 1. The van der Waals surface area contributed by atoms with Crippen molar-refractivity contribution in [1.82, 2.24) is 14.9 Å². The van der Waals surface area contributed by atoms with E-state index >= 15 is 0 Å². The van der Waals surface area contributed by atoms with Crippen molar-refractivity contribution in [3.05, 3.63) is 24.0 Å². The third kappa shape index (κ3) is 4.60. The van der Waals surface area contributed by atoms with Gasteiger partial charge in [0.1, 0.15) is 11.6 Å². The number of benzene rings is 1. The van der Waals surface area contributed by atoms with Crippen LogP contribution in [0.15, 0.2) is 18.2 Å². The van der Waals surface area contributed by atoms with Crippen LogP contribution in [0.3, 0.4) is 0 Å². The molecule has 1 aromatic heterocycles. The van der Waals surface area contributed by atoms with Crippen molar-refractivity contribution in [3.8, 4) is 5.75 Å². The van der Waals surface area contributed by atoms with E-state index in [0.29, 0.717) is 19.5 Å². The molecule has 1 aromatic carbocycles. The van der Waals surface area contributed by atoms with Gasteiger partial charge in [0.15, 0.2) is 0 Å². The lowest BCUT2D eigenvalue weighted by Crippen LogP contribution is -2.47. The number of hydrogen-bond acceptors (Lipinski definition) is 4. The van der Waals surface area contributed by atoms with E-state index in [0.717, 1.165) is 54.7 Å². The number of rotatable bonds is 6. The van der Waals surface area contributed by atoms with E-state index in [4.69, 9.17) is 9.72 Å². The summed E-state index contributed by atoms with van der Waals surface area (Å²) in [5.41, 5.74) is 1.77. The number of carboxylic acid groups (broad SMARTS) is 1. The summed E-state index contributed by atoms with van der Waals surface area (Å²) in [5, 5.41) is 9.38. The Bertz CT molecular complexity index is 903. The summed E-state index contributed by atoms with van der Waals surface area (Å²) < 4.78 is 5.28. The monoisotopic (exact) mass is 413 g/mol. The highest BCUT2D eigenvalue weighted by molar-refractivity contribution is 5.79. The molecule has 0 radical (unpaired) electrons. The maximum Gasteiger partial charge on any atom is 0.303 e. The summed E-state index contributed by atoms with van der Waals surface area (Å²) in [6.07, 6.45) is 7.00. The molecule has 4 rings (SSSR count). The first-order valence-corrected chi connectivity index (χ1v) is 11.1. The number of amides is 1. The summed E-state index contributed by atoms with van der Waals surface area (Å²) >= 11 is 0. The second kappa shape index (κ2) is 9.06. The summed E-state index contributed by atoms with van der Waals surface area (Å²) in [6.45, 7) is 1.29. The molecular formula is C23H31N3O4. The van der Waals surface area contributed by atoms with E-state index in [1.807, 2.05) is 23.1 Å². The van der Waals surface area contributed by atoms with Crippen LogP contribution >= 0.6 is 0 Å². The smallest absolute Gasteiger partial charge is 0.303 e. The summed E-state index contributed by atoms with van der Waals surface area (Å²) in [6, 6.07) is 5.72. The zero-order valence-corrected chi connectivity index (χ0v) is 17.6.